The number of aromatic nitrogens is 2. The van der Waals surface area contributed by atoms with E-state index in [1.165, 1.54) is 5.70 Å². The Morgan fingerprint density at radius 3 is 2.79 bits per heavy atom. The molecular weight excluding hydrogens is 498 g/mol. The first-order valence-corrected chi connectivity index (χ1v) is 14.2. The first-order valence-electron chi connectivity index (χ1n) is 14.2. The molecule has 39 heavy (non-hydrogen) atoms. The molecule has 5 heterocycles. The third-order valence-corrected chi connectivity index (χ3v) is 8.63. The summed E-state index contributed by atoms with van der Waals surface area (Å²) in [5.41, 5.74) is 8.19. The first-order chi connectivity index (χ1) is 18.9. The van der Waals surface area contributed by atoms with Crippen molar-refractivity contribution in [2.24, 2.45) is 21.6 Å². The normalized spacial score (nSPS) is 34.6. The standard InChI is InChI=1S/C28H41N7O4/c1-19-17-37-10-8-34(19)23-12-20(11-21(13-23)28(36)5-9-38-18-28)25-15-30-26(29)27(32-25)39-24-14-31-35(16-24)22-3-6-33(2)7-4-22/h11,13-16,19-20,22,26-27,36H,3-10,12,17-18,29H2,1-2H3/t19-,20?,26?,27?,28-/m1/s1. The fraction of sp³-hybridized carbons (Fsp3) is 0.679. The maximum Gasteiger partial charge on any atom is 0.225 e. The van der Waals surface area contributed by atoms with Crippen LogP contribution in [0.1, 0.15) is 38.6 Å². The minimum absolute atomic E-state index is 0.0658. The lowest BCUT2D eigenvalue weighted by molar-refractivity contribution is 0.0141. The molecule has 0 saturated carbocycles. The highest BCUT2D eigenvalue weighted by Crippen LogP contribution is 2.37. The molecule has 5 aliphatic rings. The van der Waals surface area contributed by atoms with Crippen LogP contribution in [0.25, 0.3) is 0 Å². The average molecular weight is 540 g/mol. The van der Waals surface area contributed by atoms with Crippen molar-refractivity contribution in [3.63, 3.8) is 0 Å². The largest absolute Gasteiger partial charge is 0.462 e. The van der Waals surface area contributed by atoms with Crippen LogP contribution in [0.4, 0.5) is 0 Å². The van der Waals surface area contributed by atoms with Crippen molar-refractivity contribution in [3.8, 4) is 5.75 Å². The highest BCUT2D eigenvalue weighted by atomic mass is 16.5. The van der Waals surface area contributed by atoms with Crippen LogP contribution in [0.2, 0.25) is 0 Å². The Bertz CT molecular complexity index is 1150. The number of rotatable bonds is 6. The van der Waals surface area contributed by atoms with Gasteiger partial charge in [0.1, 0.15) is 5.60 Å². The Hall–Kier alpha value is -2.57. The van der Waals surface area contributed by atoms with E-state index in [0.29, 0.717) is 44.6 Å². The fourth-order valence-corrected chi connectivity index (χ4v) is 6.16. The Balaban J connectivity index is 1.22. The van der Waals surface area contributed by atoms with E-state index in [-0.39, 0.29) is 12.0 Å². The molecule has 3 saturated heterocycles. The number of morpholine rings is 1. The minimum atomic E-state index is -0.999. The maximum atomic E-state index is 11.4. The monoisotopic (exact) mass is 539 g/mol. The molecule has 0 radical (unpaired) electrons. The second-order valence-corrected chi connectivity index (χ2v) is 11.5. The number of hydrogen-bond acceptors (Lipinski definition) is 10. The van der Waals surface area contributed by atoms with Gasteiger partial charge in [0, 0.05) is 43.4 Å². The molecule has 0 bridgehead atoms. The smallest absolute Gasteiger partial charge is 0.225 e. The predicted octanol–water partition coefficient (Wildman–Crippen LogP) is 1.37. The number of likely N-dealkylation sites (tertiary alicyclic amines) is 1. The Morgan fingerprint density at radius 2 is 2.03 bits per heavy atom. The van der Waals surface area contributed by atoms with Gasteiger partial charge in [-0.3, -0.25) is 9.67 Å². The molecule has 4 aliphatic heterocycles. The summed E-state index contributed by atoms with van der Waals surface area (Å²) in [6.07, 6.45) is 11.9. The highest BCUT2D eigenvalue weighted by molar-refractivity contribution is 6.32. The van der Waals surface area contributed by atoms with Crippen molar-refractivity contribution in [3.05, 3.63) is 35.8 Å². The van der Waals surface area contributed by atoms with E-state index in [9.17, 15) is 5.11 Å². The molecule has 0 amide bonds. The molecule has 11 nitrogen and oxygen atoms in total. The van der Waals surface area contributed by atoms with Gasteiger partial charge in [-0.25, -0.2) is 4.99 Å². The molecule has 3 unspecified atom stereocenters. The van der Waals surface area contributed by atoms with Gasteiger partial charge in [0.2, 0.25) is 6.23 Å². The Morgan fingerprint density at radius 1 is 1.18 bits per heavy atom. The topological polar surface area (TPSA) is 123 Å². The third kappa shape index (κ3) is 5.69. The molecule has 3 fully saturated rings. The zero-order chi connectivity index (χ0) is 27.0. The van der Waals surface area contributed by atoms with Crippen LogP contribution in [0.15, 0.2) is 45.8 Å². The minimum Gasteiger partial charge on any atom is -0.462 e. The van der Waals surface area contributed by atoms with Crippen LogP contribution in [-0.4, -0.2) is 114 Å². The Kier molecular flexibility index (Phi) is 7.60. The van der Waals surface area contributed by atoms with Crippen molar-refractivity contribution in [2.75, 3.05) is 53.1 Å². The van der Waals surface area contributed by atoms with Crippen LogP contribution in [0.5, 0.6) is 5.75 Å². The summed E-state index contributed by atoms with van der Waals surface area (Å²) < 4.78 is 19.5. The lowest BCUT2D eigenvalue weighted by Crippen LogP contribution is -2.45. The zero-order valence-electron chi connectivity index (χ0n) is 23.0. The molecule has 0 spiro atoms. The van der Waals surface area contributed by atoms with Crippen molar-refractivity contribution < 1.29 is 19.3 Å². The molecule has 0 aromatic carbocycles. The van der Waals surface area contributed by atoms with Crippen LogP contribution >= 0.6 is 0 Å². The number of hydrogen-bond donors (Lipinski definition) is 2. The van der Waals surface area contributed by atoms with Crippen LogP contribution < -0.4 is 10.5 Å². The summed E-state index contributed by atoms with van der Waals surface area (Å²) >= 11 is 0. The van der Waals surface area contributed by atoms with Crippen molar-refractivity contribution in [1.82, 2.24) is 19.6 Å². The lowest BCUT2D eigenvalue weighted by atomic mass is 9.81. The van der Waals surface area contributed by atoms with Crippen LogP contribution in [0.3, 0.4) is 0 Å². The summed E-state index contributed by atoms with van der Waals surface area (Å²) in [5.74, 6) is 0.582. The predicted molar refractivity (Wildman–Crippen MR) is 148 cm³/mol. The maximum absolute atomic E-state index is 11.4. The van der Waals surface area contributed by atoms with Gasteiger partial charge in [-0.05, 0) is 58.0 Å². The summed E-state index contributed by atoms with van der Waals surface area (Å²) in [6.45, 7) is 7.35. The number of aliphatic hydroxyl groups is 1. The molecule has 212 valence electrons. The SMILES string of the molecule is C[C@@H]1COCCN1C1=CC([C@@]2(O)CCOC2)=CC(C2=NC(Oc3cnn(C4CCN(C)CC4)c3)C(N)N=C2)C1. The number of piperidine rings is 1. The van der Waals surface area contributed by atoms with Gasteiger partial charge in [-0.1, -0.05) is 6.08 Å². The highest BCUT2D eigenvalue weighted by Gasteiger charge is 2.39. The van der Waals surface area contributed by atoms with Crippen LogP contribution in [-0.2, 0) is 9.47 Å². The average Bonchev–Trinajstić information content (AvgIpc) is 3.60. The molecular formula is C28H41N7O4. The third-order valence-electron chi connectivity index (χ3n) is 8.63. The number of aliphatic imine (C=N–C) groups is 2. The summed E-state index contributed by atoms with van der Waals surface area (Å²) in [6, 6.07) is 0.631. The lowest BCUT2D eigenvalue weighted by Gasteiger charge is -2.40. The number of allylic oxidation sites excluding steroid dienone is 2. The number of nitrogens with zero attached hydrogens (tertiary/aromatic N) is 6. The second kappa shape index (κ2) is 11.1. The van der Waals surface area contributed by atoms with E-state index < -0.39 is 18.0 Å². The fourth-order valence-electron chi connectivity index (χ4n) is 6.16. The Labute approximate surface area is 230 Å². The summed E-state index contributed by atoms with van der Waals surface area (Å²) in [7, 11) is 2.15. The van der Waals surface area contributed by atoms with Gasteiger partial charge in [0.25, 0.3) is 0 Å². The summed E-state index contributed by atoms with van der Waals surface area (Å²) in [4.78, 5) is 14.2. The van der Waals surface area contributed by atoms with Gasteiger partial charge in [0.15, 0.2) is 11.9 Å². The van der Waals surface area contributed by atoms with Gasteiger partial charge in [0.05, 0.1) is 44.0 Å². The van der Waals surface area contributed by atoms with Gasteiger partial charge in [-0.2, -0.15) is 5.10 Å². The van der Waals surface area contributed by atoms with E-state index in [1.54, 1.807) is 12.4 Å². The van der Waals surface area contributed by atoms with Gasteiger partial charge in [-0.15, -0.1) is 0 Å². The van der Waals surface area contributed by atoms with Crippen molar-refractivity contribution >= 4 is 11.9 Å². The molecule has 5 atom stereocenters. The number of ether oxygens (including phenoxy) is 3. The molecule has 1 aliphatic carbocycles. The molecule has 11 heteroatoms. The van der Waals surface area contributed by atoms with E-state index in [1.807, 2.05) is 10.9 Å². The quantitative estimate of drug-likeness (QED) is 0.556. The molecule has 1 aromatic heterocycles. The summed E-state index contributed by atoms with van der Waals surface area (Å²) in [5, 5.41) is 16.0. The molecule has 1 aromatic rings. The number of nitrogens with two attached hydrogens (primary N) is 1. The van der Waals surface area contributed by atoms with Crippen molar-refractivity contribution in [1.29, 1.82) is 0 Å². The second-order valence-electron chi connectivity index (χ2n) is 11.5. The molecule has 3 N–H and O–H groups in total. The molecule has 6 rings (SSSR count). The zero-order valence-corrected chi connectivity index (χ0v) is 23.0. The van der Waals surface area contributed by atoms with Crippen molar-refractivity contribution in [2.45, 2.75) is 62.7 Å². The first kappa shape index (κ1) is 26.6. The van der Waals surface area contributed by atoms with E-state index in [0.717, 1.165) is 50.2 Å². The van der Waals surface area contributed by atoms with Crippen LogP contribution in [0, 0.1) is 5.92 Å². The van der Waals surface area contributed by atoms with E-state index in [4.69, 9.17) is 24.9 Å². The van der Waals surface area contributed by atoms with Gasteiger partial charge >= 0.3 is 0 Å². The van der Waals surface area contributed by atoms with Gasteiger partial charge < -0.3 is 34.9 Å². The van der Waals surface area contributed by atoms with E-state index >= 15 is 0 Å². The van der Waals surface area contributed by atoms with E-state index in [2.05, 4.69) is 46.0 Å².